The second kappa shape index (κ2) is 4.64. The fourth-order valence-corrected chi connectivity index (χ4v) is 2.43. The first-order valence-corrected chi connectivity index (χ1v) is 5.34. The molecule has 0 saturated heterocycles. The maximum absolute atomic E-state index is 7.58. The van der Waals surface area contributed by atoms with Crippen molar-refractivity contribution in [3.63, 3.8) is 0 Å². The van der Waals surface area contributed by atoms with E-state index in [0.717, 1.165) is 30.4 Å². The summed E-state index contributed by atoms with van der Waals surface area (Å²) >= 11 is 0. The summed E-state index contributed by atoms with van der Waals surface area (Å²) in [6.45, 7) is 4.56. The van der Waals surface area contributed by atoms with Crippen LogP contribution in [0.25, 0.3) is 0 Å². The van der Waals surface area contributed by atoms with Gasteiger partial charge in [0, 0.05) is 5.71 Å². The smallest absolute Gasteiger partial charge is 0.00921 e. The highest BCUT2D eigenvalue weighted by Gasteiger charge is 2.25. The molecule has 1 aliphatic rings. The van der Waals surface area contributed by atoms with Crippen molar-refractivity contribution in [3.05, 3.63) is 0 Å². The minimum Gasteiger partial charge on any atom is -0.310 e. The van der Waals surface area contributed by atoms with E-state index in [0.29, 0.717) is 0 Å². The van der Waals surface area contributed by atoms with E-state index in [9.17, 15) is 0 Å². The molecule has 1 saturated carbocycles. The van der Waals surface area contributed by atoms with Crippen LogP contribution in [0.5, 0.6) is 0 Å². The molecule has 0 aliphatic heterocycles. The first-order valence-electron chi connectivity index (χ1n) is 5.34. The fourth-order valence-electron chi connectivity index (χ4n) is 2.43. The zero-order valence-corrected chi connectivity index (χ0v) is 8.40. The van der Waals surface area contributed by atoms with E-state index in [1.807, 2.05) is 0 Å². The minimum atomic E-state index is 0.849. The van der Waals surface area contributed by atoms with E-state index in [4.69, 9.17) is 5.41 Å². The summed E-state index contributed by atoms with van der Waals surface area (Å²) in [6, 6.07) is 0. The summed E-state index contributed by atoms with van der Waals surface area (Å²) in [7, 11) is 0. The van der Waals surface area contributed by atoms with Gasteiger partial charge in [-0.25, -0.2) is 0 Å². The van der Waals surface area contributed by atoms with Crippen LogP contribution < -0.4 is 0 Å². The van der Waals surface area contributed by atoms with Crippen molar-refractivity contribution in [2.24, 2.45) is 11.8 Å². The Hall–Kier alpha value is -0.330. The highest BCUT2D eigenvalue weighted by molar-refractivity contribution is 5.83. The van der Waals surface area contributed by atoms with Crippen LogP contribution in [0.3, 0.4) is 0 Å². The molecule has 0 aromatic rings. The van der Waals surface area contributed by atoms with E-state index in [-0.39, 0.29) is 0 Å². The lowest BCUT2D eigenvalue weighted by atomic mass is 9.85. The average Bonchev–Trinajstić information content (AvgIpc) is 2.47. The SMILES string of the molecule is CCCC(CC)C1CCC(=N)C1. The molecule has 0 heterocycles. The molecule has 2 atom stereocenters. The molecule has 1 aliphatic carbocycles. The monoisotopic (exact) mass is 167 g/mol. The fraction of sp³-hybridized carbons (Fsp3) is 0.909. The van der Waals surface area contributed by atoms with Crippen molar-refractivity contribution in [2.75, 3.05) is 0 Å². The van der Waals surface area contributed by atoms with Crippen LogP contribution in [0.2, 0.25) is 0 Å². The van der Waals surface area contributed by atoms with Gasteiger partial charge in [0.25, 0.3) is 0 Å². The van der Waals surface area contributed by atoms with E-state index < -0.39 is 0 Å². The predicted molar refractivity (Wildman–Crippen MR) is 53.8 cm³/mol. The summed E-state index contributed by atoms with van der Waals surface area (Å²) in [5.74, 6) is 1.75. The van der Waals surface area contributed by atoms with Crippen molar-refractivity contribution in [1.82, 2.24) is 0 Å². The van der Waals surface area contributed by atoms with Gasteiger partial charge in [-0.3, -0.25) is 0 Å². The van der Waals surface area contributed by atoms with Gasteiger partial charge in [0.15, 0.2) is 0 Å². The van der Waals surface area contributed by atoms with Crippen LogP contribution in [0.1, 0.15) is 52.4 Å². The Bertz CT molecular complexity index is 151. The Kier molecular flexibility index (Phi) is 3.77. The van der Waals surface area contributed by atoms with E-state index in [1.54, 1.807) is 0 Å². The molecule has 2 unspecified atom stereocenters. The molecule has 0 spiro atoms. The van der Waals surface area contributed by atoms with Gasteiger partial charge in [-0.1, -0.05) is 33.1 Å². The maximum Gasteiger partial charge on any atom is 0.00921 e. The Morgan fingerprint density at radius 2 is 2.25 bits per heavy atom. The molecular weight excluding hydrogens is 146 g/mol. The van der Waals surface area contributed by atoms with E-state index >= 15 is 0 Å². The normalized spacial score (nSPS) is 26.2. The highest BCUT2D eigenvalue weighted by Crippen LogP contribution is 2.33. The molecule has 1 rings (SSSR count). The van der Waals surface area contributed by atoms with Crippen LogP contribution in [0.15, 0.2) is 0 Å². The first kappa shape index (κ1) is 9.76. The van der Waals surface area contributed by atoms with Crippen LogP contribution >= 0.6 is 0 Å². The van der Waals surface area contributed by atoms with Crippen molar-refractivity contribution >= 4 is 5.71 Å². The summed E-state index contributed by atoms with van der Waals surface area (Å²) in [6.07, 6.45) is 7.45. The zero-order valence-electron chi connectivity index (χ0n) is 8.40. The molecule has 1 fully saturated rings. The molecular formula is C11H21N. The second-order valence-electron chi connectivity index (χ2n) is 4.06. The van der Waals surface area contributed by atoms with Gasteiger partial charge in [-0.2, -0.15) is 0 Å². The summed E-state index contributed by atoms with van der Waals surface area (Å²) in [4.78, 5) is 0. The quantitative estimate of drug-likeness (QED) is 0.661. The number of hydrogen-bond acceptors (Lipinski definition) is 1. The number of hydrogen-bond donors (Lipinski definition) is 1. The van der Waals surface area contributed by atoms with E-state index in [2.05, 4.69) is 13.8 Å². The van der Waals surface area contributed by atoms with Gasteiger partial charge in [0.05, 0.1) is 0 Å². The van der Waals surface area contributed by atoms with Crippen LogP contribution in [-0.4, -0.2) is 5.71 Å². The van der Waals surface area contributed by atoms with Crippen LogP contribution in [0.4, 0.5) is 0 Å². The first-order chi connectivity index (χ1) is 5.77. The van der Waals surface area contributed by atoms with E-state index in [1.165, 1.54) is 25.7 Å². The lowest BCUT2D eigenvalue weighted by Gasteiger charge is -2.20. The predicted octanol–water partition coefficient (Wildman–Crippen LogP) is 3.63. The topological polar surface area (TPSA) is 23.9 Å². The zero-order chi connectivity index (χ0) is 8.97. The van der Waals surface area contributed by atoms with Gasteiger partial charge in [0.1, 0.15) is 0 Å². The van der Waals surface area contributed by atoms with Gasteiger partial charge in [0.2, 0.25) is 0 Å². The molecule has 0 bridgehead atoms. The Labute approximate surface area is 76.1 Å². The van der Waals surface area contributed by atoms with Crippen LogP contribution in [-0.2, 0) is 0 Å². The van der Waals surface area contributed by atoms with Gasteiger partial charge in [-0.05, 0) is 31.1 Å². The molecule has 0 amide bonds. The molecule has 12 heavy (non-hydrogen) atoms. The molecule has 0 radical (unpaired) electrons. The minimum absolute atomic E-state index is 0.849. The third-order valence-electron chi connectivity index (χ3n) is 3.18. The molecule has 70 valence electrons. The third-order valence-corrected chi connectivity index (χ3v) is 3.18. The largest absolute Gasteiger partial charge is 0.310 e. The molecule has 0 aromatic carbocycles. The Morgan fingerprint density at radius 3 is 2.67 bits per heavy atom. The van der Waals surface area contributed by atoms with Crippen LogP contribution in [0, 0.1) is 17.2 Å². The number of nitrogens with one attached hydrogen (secondary N) is 1. The summed E-state index contributed by atoms with van der Waals surface area (Å²) in [5, 5.41) is 7.58. The summed E-state index contributed by atoms with van der Waals surface area (Å²) < 4.78 is 0. The van der Waals surface area contributed by atoms with Crippen molar-refractivity contribution < 1.29 is 0 Å². The van der Waals surface area contributed by atoms with Gasteiger partial charge in [-0.15, -0.1) is 0 Å². The lowest BCUT2D eigenvalue weighted by Crippen LogP contribution is -2.10. The molecule has 1 N–H and O–H groups in total. The standard InChI is InChI=1S/C11H21N/c1-3-5-9(4-2)10-6-7-11(12)8-10/h9-10,12H,3-8H2,1-2H3. The molecule has 1 heteroatoms. The van der Waals surface area contributed by atoms with Crippen molar-refractivity contribution in [3.8, 4) is 0 Å². The lowest BCUT2D eigenvalue weighted by molar-refractivity contribution is 0.312. The average molecular weight is 167 g/mol. The number of rotatable bonds is 4. The molecule has 1 nitrogen and oxygen atoms in total. The van der Waals surface area contributed by atoms with Crippen molar-refractivity contribution in [2.45, 2.75) is 52.4 Å². The van der Waals surface area contributed by atoms with Gasteiger partial charge >= 0.3 is 0 Å². The Morgan fingerprint density at radius 1 is 1.50 bits per heavy atom. The third kappa shape index (κ3) is 2.33. The Balaban J connectivity index is 2.38. The molecule has 0 aromatic heterocycles. The van der Waals surface area contributed by atoms with Gasteiger partial charge < -0.3 is 5.41 Å². The highest BCUT2D eigenvalue weighted by atomic mass is 14.5. The van der Waals surface area contributed by atoms with Crippen molar-refractivity contribution in [1.29, 1.82) is 5.41 Å². The summed E-state index contributed by atoms with van der Waals surface area (Å²) in [5.41, 5.74) is 0.995. The second-order valence-corrected chi connectivity index (χ2v) is 4.06. The maximum atomic E-state index is 7.58.